The van der Waals surface area contributed by atoms with Gasteiger partial charge in [-0.1, -0.05) is 26.8 Å². The Bertz CT molecular complexity index is 371. The zero-order chi connectivity index (χ0) is 11.8. The molecular weight excluding hydrogens is 200 g/mol. The van der Waals surface area contributed by atoms with Gasteiger partial charge in [-0.2, -0.15) is 0 Å². The van der Waals surface area contributed by atoms with E-state index in [0.717, 1.165) is 24.8 Å². The average molecular weight is 222 g/mol. The van der Waals surface area contributed by atoms with Crippen molar-refractivity contribution in [3.8, 4) is 0 Å². The van der Waals surface area contributed by atoms with Crippen molar-refractivity contribution in [3.05, 3.63) is 11.6 Å². The second-order valence-corrected chi connectivity index (χ2v) is 6.72. The lowest BCUT2D eigenvalue weighted by Crippen LogP contribution is -2.59. The Morgan fingerprint density at radius 1 is 1.25 bits per heavy atom. The maximum atomic E-state index is 10.7. The Morgan fingerprint density at radius 3 is 2.62 bits per heavy atom. The lowest BCUT2D eigenvalue weighted by atomic mass is 9.52. The van der Waals surface area contributed by atoms with Crippen LogP contribution in [0.25, 0.3) is 0 Å². The number of hydrogen-bond donors (Lipinski definition) is 2. The molecule has 0 aromatic heterocycles. The summed E-state index contributed by atoms with van der Waals surface area (Å²) in [6, 6.07) is 0. The van der Waals surface area contributed by atoms with E-state index >= 15 is 0 Å². The third kappa shape index (κ3) is 0.888. The SMILES string of the molecule is CC12CCC([C@@H](O)[C@]3(O)CCC=C13)C2(C)C. The molecule has 0 radical (unpaired) electrons. The molecule has 3 aliphatic carbocycles. The van der Waals surface area contributed by atoms with Crippen molar-refractivity contribution in [2.24, 2.45) is 16.7 Å². The largest absolute Gasteiger partial charge is 0.389 e. The van der Waals surface area contributed by atoms with Crippen LogP contribution < -0.4 is 0 Å². The van der Waals surface area contributed by atoms with Crippen LogP contribution >= 0.6 is 0 Å². The second kappa shape index (κ2) is 2.73. The van der Waals surface area contributed by atoms with Crippen LogP contribution in [-0.4, -0.2) is 21.9 Å². The average Bonchev–Trinajstić information content (AvgIpc) is 2.66. The smallest absolute Gasteiger partial charge is 0.113 e. The van der Waals surface area contributed by atoms with Crippen LogP contribution in [0.3, 0.4) is 0 Å². The van der Waals surface area contributed by atoms with Gasteiger partial charge in [-0.15, -0.1) is 0 Å². The molecule has 2 fully saturated rings. The van der Waals surface area contributed by atoms with Gasteiger partial charge in [0.05, 0.1) is 6.10 Å². The quantitative estimate of drug-likeness (QED) is 0.617. The highest BCUT2D eigenvalue weighted by atomic mass is 16.3. The van der Waals surface area contributed by atoms with Crippen molar-refractivity contribution >= 4 is 0 Å². The molecule has 16 heavy (non-hydrogen) atoms. The lowest BCUT2D eigenvalue weighted by Gasteiger charge is -2.55. The van der Waals surface area contributed by atoms with E-state index in [9.17, 15) is 10.2 Å². The molecule has 4 atom stereocenters. The highest BCUT2D eigenvalue weighted by Gasteiger charge is 2.67. The van der Waals surface area contributed by atoms with E-state index in [4.69, 9.17) is 0 Å². The maximum Gasteiger partial charge on any atom is 0.113 e. The molecule has 0 amide bonds. The Kier molecular flexibility index (Phi) is 1.84. The summed E-state index contributed by atoms with van der Waals surface area (Å²) in [5, 5.41) is 21.2. The first kappa shape index (κ1) is 10.8. The summed E-state index contributed by atoms with van der Waals surface area (Å²) < 4.78 is 0. The lowest BCUT2D eigenvalue weighted by molar-refractivity contribution is -0.140. The van der Waals surface area contributed by atoms with Gasteiger partial charge in [0.1, 0.15) is 5.60 Å². The highest BCUT2D eigenvalue weighted by molar-refractivity contribution is 5.39. The molecule has 3 aliphatic rings. The van der Waals surface area contributed by atoms with Gasteiger partial charge in [-0.05, 0) is 48.0 Å². The Balaban J connectivity index is 2.20. The van der Waals surface area contributed by atoms with Gasteiger partial charge in [0.2, 0.25) is 0 Å². The standard InChI is InChI=1S/C14H22O2/c1-12(2)9-6-8-13(12,3)10-5-4-7-14(10,16)11(9)15/h5,9,11,15-16H,4,6-8H2,1-3H3/t9?,11-,13?,14+/m1/s1. The Labute approximate surface area is 97.4 Å². The number of allylic oxidation sites excluding steroid dienone is 1. The summed E-state index contributed by atoms with van der Waals surface area (Å²) in [5.74, 6) is 0.248. The van der Waals surface area contributed by atoms with E-state index in [1.165, 1.54) is 0 Å². The van der Waals surface area contributed by atoms with E-state index in [1.54, 1.807) is 0 Å². The normalized spacial score (nSPS) is 53.7. The number of rotatable bonds is 0. The molecule has 2 heteroatoms. The molecule has 3 rings (SSSR count). The molecule has 2 nitrogen and oxygen atoms in total. The van der Waals surface area contributed by atoms with E-state index in [-0.39, 0.29) is 16.7 Å². The first-order valence-corrected chi connectivity index (χ1v) is 6.45. The first-order valence-electron chi connectivity index (χ1n) is 6.45. The summed E-state index contributed by atoms with van der Waals surface area (Å²) in [6.07, 6.45) is 5.41. The van der Waals surface area contributed by atoms with Crippen molar-refractivity contribution < 1.29 is 10.2 Å². The van der Waals surface area contributed by atoms with Crippen LogP contribution in [0.1, 0.15) is 46.5 Å². The van der Waals surface area contributed by atoms with Crippen LogP contribution in [0.15, 0.2) is 11.6 Å². The van der Waals surface area contributed by atoms with Crippen molar-refractivity contribution in [1.29, 1.82) is 0 Å². The topological polar surface area (TPSA) is 40.5 Å². The predicted octanol–water partition coefficient (Wildman–Crippen LogP) is 2.25. The molecule has 0 aliphatic heterocycles. The van der Waals surface area contributed by atoms with Crippen LogP contribution in [0.4, 0.5) is 0 Å². The minimum atomic E-state index is -0.911. The molecule has 2 saturated carbocycles. The summed E-state index contributed by atoms with van der Waals surface area (Å²) in [4.78, 5) is 0. The fourth-order valence-corrected chi connectivity index (χ4v) is 4.66. The number of hydrogen-bond acceptors (Lipinski definition) is 2. The van der Waals surface area contributed by atoms with Gasteiger partial charge in [-0.3, -0.25) is 0 Å². The molecule has 2 bridgehead atoms. The van der Waals surface area contributed by atoms with E-state index < -0.39 is 11.7 Å². The van der Waals surface area contributed by atoms with E-state index in [1.807, 2.05) is 0 Å². The van der Waals surface area contributed by atoms with Crippen LogP contribution in [0.2, 0.25) is 0 Å². The number of fused-ring (bicyclic) bond motifs is 4. The maximum absolute atomic E-state index is 10.7. The molecule has 0 aromatic rings. The zero-order valence-electron chi connectivity index (χ0n) is 10.5. The van der Waals surface area contributed by atoms with Crippen LogP contribution in [0.5, 0.6) is 0 Å². The molecule has 0 heterocycles. The molecular formula is C14H22O2. The summed E-state index contributed by atoms with van der Waals surface area (Å²) in [5.41, 5.74) is 0.411. The van der Waals surface area contributed by atoms with Crippen molar-refractivity contribution in [2.45, 2.75) is 58.2 Å². The Hall–Kier alpha value is -0.340. The van der Waals surface area contributed by atoms with Crippen molar-refractivity contribution in [2.75, 3.05) is 0 Å². The zero-order valence-corrected chi connectivity index (χ0v) is 10.5. The molecule has 90 valence electrons. The summed E-state index contributed by atoms with van der Waals surface area (Å²) in [6.45, 7) is 6.79. The van der Waals surface area contributed by atoms with Crippen LogP contribution in [-0.2, 0) is 0 Å². The minimum Gasteiger partial charge on any atom is -0.389 e. The van der Waals surface area contributed by atoms with Gasteiger partial charge < -0.3 is 10.2 Å². The van der Waals surface area contributed by atoms with Gasteiger partial charge in [-0.25, -0.2) is 0 Å². The third-order valence-corrected chi connectivity index (χ3v) is 6.11. The molecule has 0 aromatic carbocycles. The van der Waals surface area contributed by atoms with Crippen molar-refractivity contribution in [1.82, 2.24) is 0 Å². The van der Waals surface area contributed by atoms with Gasteiger partial charge >= 0.3 is 0 Å². The monoisotopic (exact) mass is 222 g/mol. The molecule has 2 N–H and O–H groups in total. The fraction of sp³-hybridized carbons (Fsp3) is 0.857. The second-order valence-electron chi connectivity index (χ2n) is 6.72. The molecule has 2 unspecified atom stereocenters. The summed E-state index contributed by atoms with van der Waals surface area (Å²) >= 11 is 0. The minimum absolute atomic E-state index is 0.0855. The van der Waals surface area contributed by atoms with Crippen LogP contribution in [0, 0.1) is 16.7 Å². The van der Waals surface area contributed by atoms with Gasteiger partial charge in [0, 0.05) is 0 Å². The number of aliphatic hydroxyl groups is 2. The van der Waals surface area contributed by atoms with Gasteiger partial charge in [0.25, 0.3) is 0 Å². The van der Waals surface area contributed by atoms with Gasteiger partial charge in [0.15, 0.2) is 0 Å². The first-order chi connectivity index (χ1) is 7.34. The summed E-state index contributed by atoms with van der Waals surface area (Å²) in [7, 11) is 0. The fourth-order valence-electron chi connectivity index (χ4n) is 4.66. The number of aliphatic hydroxyl groups excluding tert-OH is 1. The predicted molar refractivity (Wildman–Crippen MR) is 62.9 cm³/mol. The Morgan fingerprint density at radius 2 is 1.94 bits per heavy atom. The third-order valence-electron chi connectivity index (χ3n) is 6.11. The van der Waals surface area contributed by atoms with E-state index in [0.29, 0.717) is 6.42 Å². The highest BCUT2D eigenvalue weighted by Crippen LogP contribution is 2.69. The molecule has 0 spiro atoms. The van der Waals surface area contributed by atoms with E-state index in [2.05, 4.69) is 26.8 Å². The van der Waals surface area contributed by atoms with Crippen molar-refractivity contribution in [3.63, 3.8) is 0 Å². The molecule has 0 saturated heterocycles.